The maximum absolute atomic E-state index is 5.82. The van der Waals surface area contributed by atoms with Gasteiger partial charge in [-0.15, -0.1) is 0 Å². The predicted octanol–water partition coefficient (Wildman–Crippen LogP) is 3.09. The normalized spacial score (nSPS) is 10.8. The number of unbranched alkanes of at least 4 members (excludes halogenated alkanes) is 1. The van der Waals surface area contributed by atoms with Crippen molar-refractivity contribution in [3.63, 3.8) is 0 Å². The first-order valence-corrected chi connectivity index (χ1v) is 7.64. The van der Waals surface area contributed by atoms with Crippen molar-refractivity contribution in [1.82, 2.24) is 10.3 Å². The van der Waals surface area contributed by atoms with Crippen LogP contribution in [0.2, 0.25) is 0 Å². The highest BCUT2D eigenvalue weighted by atomic mass is 16.5. The Labute approximate surface area is 122 Å². The van der Waals surface area contributed by atoms with E-state index in [1.54, 1.807) is 0 Å². The highest BCUT2D eigenvalue weighted by Gasteiger charge is 2.05. The lowest BCUT2D eigenvalue weighted by Gasteiger charge is -2.12. The molecule has 0 saturated carbocycles. The van der Waals surface area contributed by atoms with E-state index >= 15 is 0 Å². The molecule has 0 amide bonds. The lowest BCUT2D eigenvalue weighted by molar-refractivity contribution is 0.0976. The van der Waals surface area contributed by atoms with Gasteiger partial charge in [-0.2, -0.15) is 0 Å². The third-order valence-electron chi connectivity index (χ3n) is 2.95. The molecule has 4 nitrogen and oxygen atoms in total. The first-order chi connectivity index (χ1) is 9.77. The Morgan fingerprint density at radius 1 is 1.15 bits per heavy atom. The number of aromatic nitrogens is 1. The van der Waals surface area contributed by atoms with E-state index in [9.17, 15) is 0 Å². The van der Waals surface area contributed by atoms with Crippen LogP contribution >= 0.6 is 0 Å². The van der Waals surface area contributed by atoms with Gasteiger partial charge in [0.15, 0.2) is 0 Å². The van der Waals surface area contributed by atoms with Crippen LogP contribution in [-0.4, -0.2) is 31.3 Å². The quantitative estimate of drug-likeness (QED) is 0.633. The molecule has 1 aromatic rings. The fourth-order valence-electron chi connectivity index (χ4n) is 1.79. The second kappa shape index (κ2) is 10.6. The van der Waals surface area contributed by atoms with Crippen molar-refractivity contribution in [2.45, 2.75) is 46.6 Å². The molecule has 1 aromatic heterocycles. The van der Waals surface area contributed by atoms with Crippen LogP contribution in [0.1, 0.15) is 44.4 Å². The van der Waals surface area contributed by atoms with Crippen LogP contribution in [0.4, 0.5) is 0 Å². The first kappa shape index (κ1) is 16.9. The monoisotopic (exact) mass is 280 g/mol. The van der Waals surface area contributed by atoms with Crippen molar-refractivity contribution < 1.29 is 9.47 Å². The summed E-state index contributed by atoms with van der Waals surface area (Å²) in [6.07, 6.45) is 5.30. The van der Waals surface area contributed by atoms with Gasteiger partial charge in [0.2, 0.25) is 0 Å². The Balaban J connectivity index is 2.39. The fourth-order valence-corrected chi connectivity index (χ4v) is 1.79. The van der Waals surface area contributed by atoms with Gasteiger partial charge in [-0.1, -0.05) is 20.3 Å². The lowest BCUT2D eigenvalue weighted by Crippen LogP contribution is -2.16. The SMILES string of the molecule is CCCCOCCOc1cc(C)ncc1CNCCC. The van der Waals surface area contributed by atoms with Crippen LogP contribution in [0.5, 0.6) is 5.75 Å². The van der Waals surface area contributed by atoms with Gasteiger partial charge in [-0.05, 0) is 26.3 Å². The summed E-state index contributed by atoms with van der Waals surface area (Å²) in [7, 11) is 0. The van der Waals surface area contributed by atoms with Crippen molar-refractivity contribution >= 4 is 0 Å². The molecule has 0 bridgehead atoms. The molecule has 0 saturated heterocycles. The van der Waals surface area contributed by atoms with Crippen molar-refractivity contribution in [3.8, 4) is 5.75 Å². The largest absolute Gasteiger partial charge is 0.491 e. The van der Waals surface area contributed by atoms with Gasteiger partial charge in [0, 0.05) is 36.7 Å². The highest BCUT2D eigenvalue weighted by Crippen LogP contribution is 2.18. The van der Waals surface area contributed by atoms with Crippen molar-refractivity contribution in [2.24, 2.45) is 0 Å². The van der Waals surface area contributed by atoms with Gasteiger partial charge in [0.05, 0.1) is 6.61 Å². The summed E-state index contributed by atoms with van der Waals surface area (Å²) >= 11 is 0. The van der Waals surface area contributed by atoms with E-state index in [2.05, 4.69) is 24.1 Å². The Hall–Kier alpha value is -1.13. The average molecular weight is 280 g/mol. The van der Waals surface area contributed by atoms with Crippen LogP contribution in [0.15, 0.2) is 12.3 Å². The van der Waals surface area contributed by atoms with Crippen molar-refractivity contribution in [1.29, 1.82) is 0 Å². The number of hydrogen-bond donors (Lipinski definition) is 1. The van der Waals surface area contributed by atoms with E-state index in [-0.39, 0.29) is 0 Å². The lowest BCUT2D eigenvalue weighted by atomic mass is 10.2. The van der Waals surface area contributed by atoms with Crippen molar-refractivity contribution in [2.75, 3.05) is 26.4 Å². The Bertz CT molecular complexity index is 369. The van der Waals surface area contributed by atoms with E-state index in [4.69, 9.17) is 9.47 Å². The second-order valence-corrected chi connectivity index (χ2v) is 4.92. The summed E-state index contributed by atoms with van der Waals surface area (Å²) in [5.41, 5.74) is 2.09. The molecule has 0 aliphatic carbocycles. The average Bonchev–Trinajstić information content (AvgIpc) is 2.45. The highest BCUT2D eigenvalue weighted by molar-refractivity contribution is 5.32. The fraction of sp³-hybridized carbons (Fsp3) is 0.688. The van der Waals surface area contributed by atoms with Crippen LogP contribution in [-0.2, 0) is 11.3 Å². The zero-order valence-corrected chi connectivity index (χ0v) is 13.1. The molecule has 0 aromatic carbocycles. The zero-order valence-electron chi connectivity index (χ0n) is 13.1. The van der Waals surface area contributed by atoms with Crippen LogP contribution in [0.3, 0.4) is 0 Å². The number of nitrogens with zero attached hydrogens (tertiary/aromatic N) is 1. The minimum Gasteiger partial charge on any atom is -0.491 e. The molecule has 0 atom stereocenters. The van der Waals surface area contributed by atoms with Crippen molar-refractivity contribution in [3.05, 3.63) is 23.5 Å². The van der Waals surface area contributed by atoms with Gasteiger partial charge >= 0.3 is 0 Å². The van der Waals surface area contributed by atoms with E-state index in [0.29, 0.717) is 13.2 Å². The predicted molar refractivity (Wildman–Crippen MR) is 82.2 cm³/mol. The summed E-state index contributed by atoms with van der Waals surface area (Å²) in [4.78, 5) is 4.34. The van der Waals surface area contributed by atoms with Crippen LogP contribution in [0, 0.1) is 6.92 Å². The maximum Gasteiger partial charge on any atom is 0.127 e. The zero-order chi connectivity index (χ0) is 14.6. The summed E-state index contributed by atoms with van der Waals surface area (Å²) in [6, 6.07) is 2.00. The summed E-state index contributed by atoms with van der Waals surface area (Å²) in [6.45, 7) is 10.2. The molecular formula is C16H28N2O2. The molecule has 4 heteroatoms. The number of hydrogen-bond acceptors (Lipinski definition) is 4. The molecule has 0 radical (unpaired) electrons. The van der Waals surface area contributed by atoms with Gasteiger partial charge in [0.1, 0.15) is 12.4 Å². The van der Waals surface area contributed by atoms with Crippen LogP contribution < -0.4 is 10.1 Å². The number of nitrogens with one attached hydrogen (secondary N) is 1. The van der Waals surface area contributed by atoms with E-state index in [1.807, 2.05) is 19.2 Å². The van der Waals surface area contributed by atoms with E-state index in [0.717, 1.165) is 56.0 Å². The third kappa shape index (κ3) is 6.87. The molecule has 1 rings (SSSR count). The molecule has 0 unspecified atom stereocenters. The Morgan fingerprint density at radius 3 is 2.75 bits per heavy atom. The number of ether oxygens (including phenoxy) is 2. The number of pyridine rings is 1. The van der Waals surface area contributed by atoms with E-state index < -0.39 is 0 Å². The Kier molecular flexibility index (Phi) is 9.00. The van der Waals surface area contributed by atoms with Gasteiger partial charge in [0.25, 0.3) is 0 Å². The molecule has 20 heavy (non-hydrogen) atoms. The van der Waals surface area contributed by atoms with E-state index in [1.165, 1.54) is 0 Å². The summed E-state index contributed by atoms with van der Waals surface area (Å²) < 4.78 is 11.3. The summed E-state index contributed by atoms with van der Waals surface area (Å²) in [5, 5.41) is 3.38. The van der Waals surface area contributed by atoms with Gasteiger partial charge in [-0.3, -0.25) is 4.98 Å². The molecule has 0 spiro atoms. The first-order valence-electron chi connectivity index (χ1n) is 7.64. The number of aryl methyl sites for hydroxylation is 1. The second-order valence-electron chi connectivity index (χ2n) is 4.92. The number of rotatable bonds is 11. The molecule has 1 heterocycles. The molecule has 0 fully saturated rings. The molecule has 0 aliphatic rings. The Morgan fingerprint density at radius 2 is 2.00 bits per heavy atom. The molecular weight excluding hydrogens is 252 g/mol. The summed E-state index contributed by atoms with van der Waals surface area (Å²) in [5.74, 6) is 0.917. The maximum atomic E-state index is 5.82. The third-order valence-corrected chi connectivity index (χ3v) is 2.95. The minimum absolute atomic E-state index is 0.591. The van der Waals surface area contributed by atoms with Gasteiger partial charge in [-0.25, -0.2) is 0 Å². The topological polar surface area (TPSA) is 43.4 Å². The smallest absolute Gasteiger partial charge is 0.127 e. The minimum atomic E-state index is 0.591. The molecule has 114 valence electrons. The molecule has 1 N–H and O–H groups in total. The molecule has 0 aliphatic heterocycles. The van der Waals surface area contributed by atoms with Crippen LogP contribution in [0.25, 0.3) is 0 Å². The van der Waals surface area contributed by atoms with Gasteiger partial charge < -0.3 is 14.8 Å². The standard InChI is InChI=1S/C16H28N2O2/c1-4-6-8-19-9-10-20-16-11-14(3)18-13-15(16)12-17-7-5-2/h11,13,17H,4-10,12H2,1-3H3.